The molecule has 0 radical (unpaired) electrons. The van der Waals surface area contributed by atoms with Gasteiger partial charge in [0.15, 0.2) is 0 Å². The molecule has 0 unspecified atom stereocenters. The fourth-order valence-electron chi connectivity index (χ4n) is 5.05. The minimum atomic E-state index is -0.939. The summed E-state index contributed by atoms with van der Waals surface area (Å²) in [6, 6.07) is 7.59. The molecule has 4 rings (SSSR count). The number of carbonyl (C=O) groups is 2. The van der Waals surface area contributed by atoms with Gasteiger partial charge in [-0.05, 0) is 30.5 Å². The van der Waals surface area contributed by atoms with Gasteiger partial charge in [0, 0.05) is 24.0 Å². The fraction of sp³-hybridized carbons (Fsp3) is 0.600. The lowest BCUT2D eigenvalue weighted by molar-refractivity contribution is -0.150. The van der Waals surface area contributed by atoms with Crippen molar-refractivity contribution in [3.05, 3.63) is 34.9 Å². The Hall–Kier alpha value is -1.59. The minimum absolute atomic E-state index is 0.0783. The molecule has 0 aromatic heterocycles. The van der Waals surface area contributed by atoms with Crippen LogP contribution in [0.2, 0.25) is 5.02 Å². The second-order valence-corrected chi connectivity index (χ2v) is 8.45. The summed E-state index contributed by atoms with van der Waals surface area (Å²) in [6.45, 7) is 1.34. The molecule has 3 aliphatic rings. The van der Waals surface area contributed by atoms with E-state index < -0.39 is 16.8 Å². The van der Waals surface area contributed by atoms with Crippen molar-refractivity contribution in [1.29, 1.82) is 0 Å². The van der Waals surface area contributed by atoms with Crippen LogP contribution in [0.15, 0.2) is 24.3 Å². The molecule has 1 N–H and O–H groups in total. The summed E-state index contributed by atoms with van der Waals surface area (Å²) >= 11 is 6.05. The lowest BCUT2D eigenvalue weighted by Gasteiger charge is -2.39. The Kier molecular flexibility index (Phi) is 4.48. The van der Waals surface area contributed by atoms with Crippen LogP contribution in [-0.2, 0) is 19.7 Å². The maximum Gasteiger partial charge on any atom is 0.314 e. The van der Waals surface area contributed by atoms with E-state index >= 15 is 0 Å². The highest BCUT2D eigenvalue weighted by Gasteiger charge is 2.59. The number of carbonyl (C=O) groups excluding carboxylic acids is 1. The number of hydrogen-bond donors (Lipinski definition) is 1. The molecule has 2 atom stereocenters. The number of amides is 1. The van der Waals surface area contributed by atoms with Gasteiger partial charge in [0.25, 0.3) is 0 Å². The first-order chi connectivity index (χ1) is 12.5. The highest BCUT2D eigenvalue weighted by atomic mass is 35.5. The van der Waals surface area contributed by atoms with Crippen molar-refractivity contribution in [2.45, 2.75) is 37.5 Å². The lowest BCUT2D eigenvalue weighted by Crippen LogP contribution is -2.49. The maximum absolute atomic E-state index is 13.7. The highest BCUT2D eigenvalue weighted by molar-refractivity contribution is 6.30. The Balaban J connectivity index is 1.66. The van der Waals surface area contributed by atoms with E-state index in [1.165, 1.54) is 0 Å². The summed E-state index contributed by atoms with van der Waals surface area (Å²) < 4.78 is 5.44. The zero-order valence-electron chi connectivity index (χ0n) is 14.7. The molecule has 6 heteroatoms. The van der Waals surface area contributed by atoms with Gasteiger partial charge in [0.05, 0.1) is 18.6 Å². The molecule has 0 spiro atoms. The van der Waals surface area contributed by atoms with Crippen molar-refractivity contribution in [3.8, 4) is 0 Å². The molecule has 26 heavy (non-hydrogen) atoms. The molecule has 2 heterocycles. The number of benzene rings is 1. The van der Waals surface area contributed by atoms with Crippen LogP contribution in [0, 0.1) is 11.3 Å². The summed E-state index contributed by atoms with van der Waals surface area (Å²) in [5, 5.41) is 10.4. The third-order valence-corrected chi connectivity index (χ3v) is 6.85. The fourth-order valence-corrected chi connectivity index (χ4v) is 5.17. The molecule has 5 nitrogen and oxygen atoms in total. The highest BCUT2D eigenvalue weighted by Crippen LogP contribution is 2.46. The topological polar surface area (TPSA) is 66.8 Å². The molecule has 1 aromatic rings. The van der Waals surface area contributed by atoms with Crippen molar-refractivity contribution in [1.82, 2.24) is 4.90 Å². The van der Waals surface area contributed by atoms with Crippen LogP contribution >= 0.6 is 11.6 Å². The van der Waals surface area contributed by atoms with E-state index in [-0.39, 0.29) is 25.0 Å². The average molecular weight is 378 g/mol. The largest absolute Gasteiger partial charge is 0.481 e. The van der Waals surface area contributed by atoms with E-state index in [9.17, 15) is 14.7 Å². The molecule has 1 aromatic carbocycles. The number of nitrogens with zero attached hydrogens (tertiary/aromatic N) is 1. The summed E-state index contributed by atoms with van der Waals surface area (Å²) in [6.07, 6.45) is 4.78. The summed E-state index contributed by atoms with van der Waals surface area (Å²) in [7, 11) is 0. The van der Waals surface area contributed by atoms with Gasteiger partial charge < -0.3 is 14.7 Å². The Morgan fingerprint density at radius 3 is 2.46 bits per heavy atom. The molecule has 1 aliphatic carbocycles. The third-order valence-electron chi connectivity index (χ3n) is 6.60. The average Bonchev–Trinajstić information content (AvgIpc) is 3.21. The summed E-state index contributed by atoms with van der Waals surface area (Å²) in [5.74, 6) is -0.885. The smallest absolute Gasteiger partial charge is 0.314 e. The van der Waals surface area contributed by atoms with Crippen LogP contribution in [-0.4, -0.2) is 48.2 Å². The van der Waals surface area contributed by atoms with E-state index in [2.05, 4.69) is 0 Å². The van der Waals surface area contributed by atoms with Crippen LogP contribution in [0.3, 0.4) is 0 Å². The zero-order chi connectivity index (χ0) is 18.4. The van der Waals surface area contributed by atoms with Gasteiger partial charge in [-0.1, -0.05) is 43.0 Å². The van der Waals surface area contributed by atoms with Crippen LogP contribution in [0.25, 0.3) is 0 Å². The van der Waals surface area contributed by atoms with E-state index in [1.807, 2.05) is 24.3 Å². The normalized spacial score (nSPS) is 30.2. The van der Waals surface area contributed by atoms with Gasteiger partial charge in [-0.25, -0.2) is 0 Å². The first-order valence-electron chi connectivity index (χ1n) is 9.35. The number of ether oxygens (including phenoxy) is 1. The van der Waals surface area contributed by atoms with Gasteiger partial charge in [0.2, 0.25) is 5.91 Å². The number of hydrogen-bond acceptors (Lipinski definition) is 3. The molecule has 2 saturated heterocycles. The summed E-state index contributed by atoms with van der Waals surface area (Å²) in [4.78, 5) is 27.4. The Bertz CT molecular complexity index is 713. The molecule has 2 aliphatic heterocycles. The van der Waals surface area contributed by atoms with E-state index in [4.69, 9.17) is 16.3 Å². The maximum atomic E-state index is 13.7. The van der Waals surface area contributed by atoms with Gasteiger partial charge >= 0.3 is 5.97 Å². The molecule has 140 valence electrons. The number of aliphatic carboxylic acids is 1. The Morgan fingerprint density at radius 1 is 1.15 bits per heavy atom. The number of fused-ring (bicyclic) bond motifs is 1. The van der Waals surface area contributed by atoms with Crippen LogP contribution < -0.4 is 0 Å². The number of halogens is 1. The Labute approximate surface area is 158 Å². The number of likely N-dealkylation sites (tertiary alicyclic amines) is 1. The van der Waals surface area contributed by atoms with Crippen molar-refractivity contribution < 1.29 is 19.4 Å². The summed E-state index contributed by atoms with van der Waals surface area (Å²) in [5.41, 5.74) is -0.489. The van der Waals surface area contributed by atoms with Gasteiger partial charge in [0.1, 0.15) is 5.41 Å². The van der Waals surface area contributed by atoms with Crippen molar-refractivity contribution in [3.63, 3.8) is 0 Å². The molecule has 0 bridgehead atoms. The molecule has 1 amide bonds. The number of rotatable bonds is 3. The zero-order valence-corrected chi connectivity index (χ0v) is 15.5. The van der Waals surface area contributed by atoms with Crippen molar-refractivity contribution >= 4 is 23.5 Å². The van der Waals surface area contributed by atoms with E-state index in [1.54, 1.807) is 4.90 Å². The van der Waals surface area contributed by atoms with Crippen molar-refractivity contribution in [2.24, 2.45) is 11.3 Å². The van der Waals surface area contributed by atoms with Crippen LogP contribution in [0.1, 0.15) is 37.7 Å². The predicted molar refractivity (Wildman–Crippen MR) is 97.2 cm³/mol. The SMILES string of the molecule is O=C(N1C[C@@H]2COC[C@]2(C(=O)O)C1)C1(c2ccc(Cl)cc2)CCCCC1. The second kappa shape index (κ2) is 6.54. The number of carboxylic acid groups (broad SMARTS) is 1. The van der Waals surface area contributed by atoms with Gasteiger partial charge in [-0.15, -0.1) is 0 Å². The molecule has 1 saturated carbocycles. The molecular formula is C20H24ClNO4. The lowest BCUT2D eigenvalue weighted by atomic mass is 9.68. The van der Waals surface area contributed by atoms with Crippen LogP contribution in [0.4, 0.5) is 0 Å². The monoisotopic (exact) mass is 377 g/mol. The van der Waals surface area contributed by atoms with E-state index in [0.717, 1.165) is 37.7 Å². The molecular weight excluding hydrogens is 354 g/mol. The first-order valence-corrected chi connectivity index (χ1v) is 9.72. The standard InChI is InChI=1S/C20H24ClNO4/c21-16-6-4-14(5-7-16)19(8-2-1-3-9-19)17(23)22-10-15-11-26-13-20(15,12-22)18(24)25/h4-7,15H,1-3,8-13H2,(H,24,25)/t15-,20-/m1/s1. The number of carboxylic acids is 1. The second-order valence-electron chi connectivity index (χ2n) is 8.01. The Morgan fingerprint density at radius 2 is 1.85 bits per heavy atom. The minimum Gasteiger partial charge on any atom is -0.481 e. The molecule has 3 fully saturated rings. The quantitative estimate of drug-likeness (QED) is 0.878. The van der Waals surface area contributed by atoms with Crippen LogP contribution in [0.5, 0.6) is 0 Å². The predicted octanol–water partition coefficient (Wildman–Crippen LogP) is 3.10. The third kappa shape index (κ3) is 2.64. The van der Waals surface area contributed by atoms with Crippen molar-refractivity contribution in [2.75, 3.05) is 26.3 Å². The van der Waals surface area contributed by atoms with E-state index in [0.29, 0.717) is 18.2 Å². The first kappa shape index (κ1) is 17.8. The van der Waals surface area contributed by atoms with Gasteiger partial charge in [-0.2, -0.15) is 0 Å². The van der Waals surface area contributed by atoms with Gasteiger partial charge in [-0.3, -0.25) is 9.59 Å².